The van der Waals surface area contributed by atoms with Crippen molar-refractivity contribution in [1.82, 2.24) is 0 Å². The zero-order valence-electron chi connectivity index (χ0n) is 11.3. The van der Waals surface area contributed by atoms with Crippen molar-refractivity contribution in [3.8, 4) is 0 Å². The molecule has 2 atom stereocenters. The molecule has 0 amide bonds. The molecule has 110 valence electrons. The lowest BCUT2D eigenvalue weighted by Crippen LogP contribution is -2.23. The Morgan fingerprint density at radius 1 is 1.45 bits per heavy atom. The van der Waals surface area contributed by atoms with Crippen LogP contribution in [-0.2, 0) is 4.74 Å². The van der Waals surface area contributed by atoms with Gasteiger partial charge in [-0.1, -0.05) is 19.1 Å². The number of benzene rings is 1. The summed E-state index contributed by atoms with van der Waals surface area (Å²) in [5, 5.41) is 2.95. The Balaban J connectivity index is 2.07. The van der Waals surface area contributed by atoms with E-state index in [1.54, 1.807) is 0 Å². The van der Waals surface area contributed by atoms with E-state index in [4.69, 9.17) is 10.5 Å². The molecule has 0 spiro atoms. The number of hydrogen-bond acceptors (Lipinski definition) is 3. The smallest absolute Gasteiger partial charge is 0.182 e. The van der Waals surface area contributed by atoms with Gasteiger partial charge in [-0.15, -0.1) is 0 Å². The number of anilines is 1. The summed E-state index contributed by atoms with van der Waals surface area (Å²) in [6, 6.07) is 2.86. The van der Waals surface area contributed by atoms with Gasteiger partial charge in [-0.2, -0.15) is 0 Å². The summed E-state index contributed by atoms with van der Waals surface area (Å²) in [5.74, 6) is -1.63. The van der Waals surface area contributed by atoms with Gasteiger partial charge in [0.2, 0.25) is 0 Å². The molecule has 0 saturated carbocycles. The first-order valence-corrected chi connectivity index (χ1v) is 7.08. The first-order chi connectivity index (χ1) is 9.54. The molecule has 1 heterocycles. The quantitative estimate of drug-likeness (QED) is 0.821. The van der Waals surface area contributed by atoms with E-state index in [0.717, 1.165) is 19.4 Å². The predicted octanol–water partition coefficient (Wildman–Crippen LogP) is 2.83. The fourth-order valence-electron chi connectivity index (χ4n) is 2.49. The van der Waals surface area contributed by atoms with Crippen molar-refractivity contribution in [3.63, 3.8) is 0 Å². The topological polar surface area (TPSA) is 47.3 Å². The Kier molecular flexibility index (Phi) is 4.88. The number of halogens is 2. The number of thiocarbonyl (C=S) groups is 1. The van der Waals surface area contributed by atoms with Gasteiger partial charge in [-0.3, -0.25) is 0 Å². The molecule has 2 rings (SSSR count). The average molecular weight is 300 g/mol. The minimum atomic E-state index is -1.00. The molecule has 20 heavy (non-hydrogen) atoms. The maximum atomic E-state index is 13.9. The molecule has 0 radical (unpaired) electrons. The number of ether oxygens (including phenoxy) is 1. The molecule has 6 heteroatoms. The Hall–Kier alpha value is -1.27. The predicted molar refractivity (Wildman–Crippen MR) is 78.9 cm³/mol. The van der Waals surface area contributed by atoms with E-state index in [0.29, 0.717) is 12.5 Å². The highest BCUT2D eigenvalue weighted by molar-refractivity contribution is 7.80. The van der Waals surface area contributed by atoms with Gasteiger partial charge in [0, 0.05) is 24.6 Å². The molecule has 1 saturated heterocycles. The maximum Gasteiger partial charge on any atom is 0.182 e. The van der Waals surface area contributed by atoms with Crippen LogP contribution in [0.25, 0.3) is 0 Å². The summed E-state index contributed by atoms with van der Waals surface area (Å²) in [6.45, 7) is 3.34. The Bertz CT molecular complexity index is 510. The van der Waals surface area contributed by atoms with Crippen LogP contribution in [0, 0.1) is 17.6 Å². The van der Waals surface area contributed by atoms with Gasteiger partial charge in [-0.05, 0) is 25.0 Å². The molecule has 1 aromatic rings. The van der Waals surface area contributed by atoms with Crippen LogP contribution in [-0.4, -0.2) is 24.2 Å². The standard InChI is InChI=1S/C14H18F2N2OS/c1-2-11-8(5-6-19-11)7-18-10-4-3-9(14(17)20)12(15)13(10)16/h3-4,8,11,18H,2,5-7H2,1H3,(H2,17,20). The summed E-state index contributed by atoms with van der Waals surface area (Å²) < 4.78 is 33.2. The van der Waals surface area contributed by atoms with Crippen molar-refractivity contribution in [3.05, 3.63) is 29.3 Å². The Labute approximate surface area is 122 Å². The molecular formula is C14H18F2N2OS. The van der Waals surface area contributed by atoms with Crippen molar-refractivity contribution in [2.45, 2.75) is 25.9 Å². The maximum absolute atomic E-state index is 13.9. The van der Waals surface area contributed by atoms with Crippen molar-refractivity contribution < 1.29 is 13.5 Å². The van der Waals surface area contributed by atoms with Gasteiger partial charge >= 0.3 is 0 Å². The van der Waals surface area contributed by atoms with Crippen molar-refractivity contribution >= 4 is 22.9 Å². The SMILES string of the molecule is CCC1OCCC1CNc1ccc(C(N)=S)c(F)c1F. The van der Waals surface area contributed by atoms with Crippen LogP contribution in [0.15, 0.2) is 12.1 Å². The monoisotopic (exact) mass is 300 g/mol. The number of rotatable bonds is 5. The molecule has 3 N–H and O–H groups in total. The molecule has 1 aliphatic rings. The van der Waals surface area contributed by atoms with Gasteiger partial charge in [0.25, 0.3) is 0 Å². The zero-order chi connectivity index (χ0) is 14.7. The Morgan fingerprint density at radius 2 is 2.20 bits per heavy atom. The van der Waals surface area contributed by atoms with E-state index in [-0.39, 0.29) is 22.3 Å². The molecule has 3 nitrogen and oxygen atoms in total. The fraction of sp³-hybridized carbons (Fsp3) is 0.500. The summed E-state index contributed by atoms with van der Waals surface area (Å²) in [5.41, 5.74) is 5.39. The molecular weight excluding hydrogens is 282 g/mol. The first-order valence-electron chi connectivity index (χ1n) is 6.67. The third kappa shape index (κ3) is 3.07. The molecule has 1 aliphatic heterocycles. The normalized spacial score (nSPS) is 21.9. The fourth-order valence-corrected chi connectivity index (χ4v) is 2.65. The second-order valence-corrected chi connectivity index (χ2v) is 5.34. The highest BCUT2D eigenvalue weighted by Gasteiger charge is 2.26. The third-order valence-corrected chi connectivity index (χ3v) is 3.87. The van der Waals surface area contributed by atoms with E-state index in [2.05, 4.69) is 24.5 Å². The highest BCUT2D eigenvalue weighted by Crippen LogP contribution is 2.25. The Morgan fingerprint density at radius 3 is 2.85 bits per heavy atom. The second-order valence-electron chi connectivity index (χ2n) is 4.90. The minimum absolute atomic E-state index is 0.0707. The van der Waals surface area contributed by atoms with Crippen LogP contribution < -0.4 is 11.1 Å². The molecule has 0 aromatic heterocycles. The van der Waals surface area contributed by atoms with Crippen LogP contribution in [0.5, 0.6) is 0 Å². The summed E-state index contributed by atoms with van der Waals surface area (Å²) in [7, 11) is 0. The van der Waals surface area contributed by atoms with Crippen molar-refractivity contribution in [1.29, 1.82) is 0 Å². The number of nitrogens with two attached hydrogens (primary N) is 1. The van der Waals surface area contributed by atoms with E-state index in [9.17, 15) is 8.78 Å². The van der Waals surface area contributed by atoms with E-state index >= 15 is 0 Å². The largest absolute Gasteiger partial charge is 0.389 e. The van der Waals surface area contributed by atoms with Gasteiger partial charge < -0.3 is 15.8 Å². The van der Waals surface area contributed by atoms with Crippen LogP contribution in [0.1, 0.15) is 25.3 Å². The van der Waals surface area contributed by atoms with Crippen LogP contribution in [0.4, 0.5) is 14.5 Å². The molecule has 0 bridgehead atoms. The van der Waals surface area contributed by atoms with Crippen LogP contribution >= 0.6 is 12.2 Å². The van der Waals surface area contributed by atoms with E-state index < -0.39 is 11.6 Å². The van der Waals surface area contributed by atoms with Gasteiger partial charge in [0.1, 0.15) is 4.99 Å². The molecule has 2 unspecified atom stereocenters. The van der Waals surface area contributed by atoms with Gasteiger partial charge in [-0.25, -0.2) is 8.78 Å². The summed E-state index contributed by atoms with van der Waals surface area (Å²) in [4.78, 5) is -0.150. The van der Waals surface area contributed by atoms with Crippen LogP contribution in [0.2, 0.25) is 0 Å². The van der Waals surface area contributed by atoms with Crippen LogP contribution in [0.3, 0.4) is 0 Å². The number of nitrogens with one attached hydrogen (secondary N) is 1. The average Bonchev–Trinajstić information content (AvgIpc) is 2.87. The van der Waals surface area contributed by atoms with E-state index in [1.807, 2.05) is 0 Å². The van der Waals surface area contributed by atoms with Crippen molar-refractivity contribution in [2.24, 2.45) is 11.7 Å². The lowest BCUT2D eigenvalue weighted by atomic mass is 9.99. The summed E-state index contributed by atoms with van der Waals surface area (Å²) >= 11 is 4.67. The zero-order valence-corrected chi connectivity index (χ0v) is 12.1. The second kappa shape index (κ2) is 6.45. The van der Waals surface area contributed by atoms with Crippen molar-refractivity contribution in [2.75, 3.05) is 18.5 Å². The minimum Gasteiger partial charge on any atom is -0.389 e. The highest BCUT2D eigenvalue weighted by atomic mass is 32.1. The lowest BCUT2D eigenvalue weighted by Gasteiger charge is -2.18. The number of hydrogen-bond donors (Lipinski definition) is 2. The van der Waals surface area contributed by atoms with E-state index in [1.165, 1.54) is 12.1 Å². The van der Waals surface area contributed by atoms with Gasteiger partial charge in [0.15, 0.2) is 11.6 Å². The third-order valence-electron chi connectivity index (χ3n) is 3.65. The lowest BCUT2D eigenvalue weighted by molar-refractivity contribution is 0.0900. The first kappa shape index (κ1) is 15.1. The molecule has 1 aromatic carbocycles. The summed E-state index contributed by atoms with van der Waals surface area (Å²) in [6.07, 6.45) is 2.04. The molecule has 1 fully saturated rings. The van der Waals surface area contributed by atoms with Gasteiger partial charge in [0.05, 0.1) is 11.8 Å². The molecule has 0 aliphatic carbocycles.